The number of rotatable bonds is 5. The van der Waals surface area contributed by atoms with Crippen LogP contribution in [0, 0.1) is 0 Å². The minimum atomic E-state index is 0.392. The summed E-state index contributed by atoms with van der Waals surface area (Å²) in [5.41, 5.74) is 2.84. The number of hydrogen-bond donors (Lipinski definition) is 1. The maximum absolute atomic E-state index is 5.95. The smallest absolute Gasteiger partial charge is 0.144 e. The van der Waals surface area contributed by atoms with Gasteiger partial charge in [-0.15, -0.1) is 11.6 Å². The van der Waals surface area contributed by atoms with Crippen LogP contribution in [0.2, 0.25) is 0 Å². The molecule has 2 nitrogen and oxygen atoms in total. The van der Waals surface area contributed by atoms with Gasteiger partial charge in [0.25, 0.3) is 0 Å². The lowest BCUT2D eigenvalue weighted by Gasteiger charge is -1.98. The van der Waals surface area contributed by atoms with E-state index in [2.05, 4.69) is 23.1 Å². The number of alkyl halides is 1. The quantitative estimate of drug-likeness (QED) is 0.805. The first-order valence-corrected chi connectivity index (χ1v) is 6.84. The maximum atomic E-state index is 5.95. The first-order valence-electron chi connectivity index (χ1n) is 5.43. The normalized spacial score (nSPS) is 10.3. The maximum Gasteiger partial charge on any atom is 0.144 e. The van der Waals surface area contributed by atoms with Gasteiger partial charge in [-0.05, 0) is 5.41 Å². The number of thioether (sulfide) groups is 1. The van der Waals surface area contributed by atoms with Gasteiger partial charge in [0.05, 0.1) is 17.3 Å². The Labute approximate surface area is 116 Å². The number of nitrogens with one attached hydrogen (secondary N) is 1. The molecule has 1 N–H and O–H groups in total. The van der Waals surface area contributed by atoms with Crippen LogP contribution in [0.15, 0.2) is 48.9 Å². The van der Waals surface area contributed by atoms with E-state index in [0.29, 0.717) is 5.88 Å². The van der Waals surface area contributed by atoms with E-state index in [0.717, 1.165) is 27.7 Å². The molecule has 2 rings (SSSR count). The highest BCUT2D eigenvalue weighted by Gasteiger charge is 2.12. The van der Waals surface area contributed by atoms with Gasteiger partial charge in [0.1, 0.15) is 5.82 Å². The summed E-state index contributed by atoms with van der Waals surface area (Å²) in [6, 6.07) is 9.97. The molecule has 0 fully saturated rings. The second-order valence-electron chi connectivity index (χ2n) is 3.62. The molecule has 0 unspecified atom stereocenters. The lowest BCUT2D eigenvalue weighted by molar-refractivity contribution is 1.20. The Hall–Kier alpha value is -1.45. The van der Waals surface area contributed by atoms with E-state index in [1.54, 1.807) is 5.41 Å². The van der Waals surface area contributed by atoms with Crippen molar-refractivity contribution in [2.24, 2.45) is 0 Å². The van der Waals surface area contributed by atoms with Gasteiger partial charge in [-0.3, -0.25) is 0 Å². The standard InChI is InChI=1S/C14H13ClN2S/c1-3-18-10(2)14-16-12(9-15)13(17-14)11-7-5-4-6-8-11/h3-8H,1-2,9H2,(H,16,17). The van der Waals surface area contributed by atoms with Crippen molar-refractivity contribution in [1.82, 2.24) is 9.97 Å². The van der Waals surface area contributed by atoms with Gasteiger partial charge >= 0.3 is 0 Å². The molecule has 0 amide bonds. The second kappa shape index (κ2) is 5.94. The zero-order valence-electron chi connectivity index (χ0n) is 9.82. The summed E-state index contributed by atoms with van der Waals surface area (Å²) in [5, 5.41) is 1.73. The molecule has 0 saturated heterocycles. The second-order valence-corrected chi connectivity index (χ2v) is 4.95. The molecule has 2 aromatic rings. The van der Waals surface area contributed by atoms with Crippen molar-refractivity contribution in [2.75, 3.05) is 0 Å². The van der Waals surface area contributed by atoms with E-state index < -0.39 is 0 Å². The van der Waals surface area contributed by atoms with Gasteiger partial charge in [0.2, 0.25) is 0 Å². The Morgan fingerprint density at radius 3 is 2.72 bits per heavy atom. The van der Waals surface area contributed by atoms with E-state index in [-0.39, 0.29) is 0 Å². The van der Waals surface area contributed by atoms with Crippen LogP contribution in [0.4, 0.5) is 0 Å². The van der Waals surface area contributed by atoms with Gasteiger partial charge < -0.3 is 4.98 Å². The number of hydrogen-bond acceptors (Lipinski definition) is 2. The topological polar surface area (TPSA) is 28.7 Å². The van der Waals surface area contributed by atoms with Crippen molar-refractivity contribution in [3.63, 3.8) is 0 Å². The Morgan fingerprint density at radius 1 is 1.39 bits per heavy atom. The molecule has 1 aromatic heterocycles. The third kappa shape index (κ3) is 2.68. The monoisotopic (exact) mass is 276 g/mol. The number of imidazole rings is 1. The fourth-order valence-electron chi connectivity index (χ4n) is 1.63. The molecule has 0 saturated carbocycles. The molecule has 92 valence electrons. The van der Waals surface area contributed by atoms with Crippen LogP contribution in [-0.2, 0) is 5.88 Å². The van der Waals surface area contributed by atoms with Crippen LogP contribution in [-0.4, -0.2) is 9.97 Å². The van der Waals surface area contributed by atoms with Crippen LogP contribution in [0.3, 0.4) is 0 Å². The molecule has 0 aliphatic carbocycles. The SMILES string of the molecule is C=CSC(=C)c1nc(-c2ccccc2)c(CCl)[nH]1. The van der Waals surface area contributed by atoms with Crippen molar-refractivity contribution in [1.29, 1.82) is 0 Å². The van der Waals surface area contributed by atoms with Crippen molar-refractivity contribution < 1.29 is 0 Å². The molecular weight excluding hydrogens is 264 g/mol. The van der Waals surface area contributed by atoms with Crippen molar-refractivity contribution in [2.45, 2.75) is 5.88 Å². The minimum Gasteiger partial charge on any atom is -0.340 e. The van der Waals surface area contributed by atoms with E-state index in [1.807, 2.05) is 30.3 Å². The number of aromatic nitrogens is 2. The predicted molar refractivity (Wildman–Crippen MR) is 80.4 cm³/mol. The number of H-pyrrole nitrogens is 1. The molecule has 18 heavy (non-hydrogen) atoms. The minimum absolute atomic E-state index is 0.392. The predicted octanol–water partition coefficient (Wildman–Crippen LogP) is 4.66. The van der Waals surface area contributed by atoms with Gasteiger partial charge in [0.15, 0.2) is 0 Å². The summed E-state index contributed by atoms with van der Waals surface area (Å²) in [4.78, 5) is 8.60. The Bertz CT molecular complexity index is 560. The van der Waals surface area contributed by atoms with Crippen LogP contribution in [0.5, 0.6) is 0 Å². The molecule has 0 spiro atoms. The lowest BCUT2D eigenvalue weighted by atomic mass is 10.1. The fourth-order valence-corrected chi connectivity index (χ4v) is 2.23. The average molecular weight is 277 g/mol. The van der Waals surface area contributed by atoms with Crippen LogP contribution in [0.1, 0.15) is 11.5 Å². The molecule has 0 aliphatic heterocycles. The molecule has 4 heteroatoms. The number of aromatic amines is 1. The van der Waals surface area contributed by atoms with E-state index in [1.165, 1.54) is 11.8 Å². The molecule has 0 radical (unpaired) electrons. The number of halogens is 1. The van der Waals surface area contributed by atoms with Crippen LogP contribution < -0.4 is 0 Å². The third-order valence-corrected chi connectivity index (χ3v) is 3.36. The van der Waals surface area contributed by atoms with Crippen LogP contribution >= 0.6 is 23.4 Å². The first kappa shape index (κ1) is 13.0. The Morgan fingerprint density at radius 2 is 2.11 bits per heavy atom. The summed E-state index contributed by atoms with van der Waals surface area (Å²) in [5.74, 6) is 1.14. The third-order valence-electron chi connectivity index (χ3n) is 2.45. The molecule has 0 atom stereocenters. The first-order chi connectivity index (χ1) is 8.76. The number of nitrogens with zero attached hydrogens (tertiary/aromatic N) is 1. The van der Waals surface area contributed by atoms with E-state index in [9.17, 15) is 0 Å². The average Bonchev–Trinajstić information content (AvgIpc) is 2.84. The van der Waals surface area contributed by atoms with Gasteiger partial charge in [0, 0.05) is 10.5 Å². The van der Waals surface area contributed by atoms with Gasteiger partial charge in [-0.25, -0.2) is 4.98 Å². The fraction of sp³-hybridized carbons (Fsp3) is 0.0714. The largest absolute Gasteiger partial charge is 0.340 e. The summed E-state index contributed by atoms with van der Waals surface area (Å²) in [7, 11) is 0. The summed E-state index contributed by atoms with van der Waals surface area (Å²) < 4.78 is 0. The number of benzene rings is 1. The van der Waals surface area contributed by atoms with Crippen molar-refractivity contribution >= 4 is 28.3 Å². The molecule has 0 bridgehead atoms. The van der Waals surface area contributed by atoms with E-state index >= 15 is 0 Å². The van der Waals surface area contributed by atoms with Gasteiger partial charge in [-0.2, -0.15) is 0 Å². The lowest BCUT2D eigenvalue weighted by Crippen LogP contribution is -1.83. The zero-order chi connectivity index (χ0) is 13.0. The van der Waals surface area contributed by atoms with Crippen molar-refractivity contribution in [3.8, 4) is 11.3 Å². The summed E-state index contributed by atoms with van der Waals surface area (Å²) >= 11 is 7.39. The zero-order valence-corrected chi connectivity index (χ0v) is 11.4. The molecule has 0 aliphatic rings. The van der Waals surface area contributed by atoms with Crippen molar-refractivity contribution in [3.05, 3.63) is 60.4 Å². The summed E-state index contributed by atoms with van der Waals surface area (Å²) in [6.07, 6.45) is 0. The van der Waals surface area contributed by atoms with Crippen LogP contribution in [0.25, 0.3) is 16.2 Å². The Kier molecular flexibility index (Phi) is 4.28. The highest BCUT2D eigenvalue weighted by atomic mass is 35.5. The molecular formula is C14H13ClN2S. The van der Waals surface area contributed by atoms with Gasteiger partial charge in [-0.1, -0.05) is 55.3 Å². The molecule has 1 heterocycles. The Balaban J connectivity index is 2.42. The highest BCUT2D eigenvalue weighted by Crippen LogP contribution is 2.29. The highest BCUT2D eigenvalue weighted by molar-refractivity contribution is 8.10. The molecule has 1 aromatic carbocycles. The summed E-state index contributed by atoms with van der Waals surface area (Å²) in [6.45, 7) is 7.62. The van der Waals surface area contributed by atoms with E-state index in [4.69, 9.17) is 11.6 Å².